The van der Waals surface area contributed by atoms with Crippen LogP contribution in [-0.4, -0.2) is 45.1 Å². The van der Waals surface area contributed by atoms with E-state index in [1.807, 2.05) is 48.5 Å². The standard InChI is InChI=1S/C32H27N3O6S/c36-30(23-9-5-2-6-10-23)33-26(31(37)38)19-21-11-14-25(15-12-21)41-18-17-35-27-16-13-24(20-28(27)42-32(35)39)29(34-40)22-7-3-1-4-8-22/h1-16,20,26,40H,17-19H2,(H,33,36)(H,37,38)/t26-/m0/s1. The summed E-state index contributed by atoms with van der Waals surface area (Å²) in [6, 6.07) is 29.1. The number of carboxylic acid groups (broad SMARTS) is 1. The Labute approximate surface area is 244 Å². The number of amides is 1. The number of aliphatic carboxylic acids is 1. The van der Waals surface area contributed by atoms with Crippen LogP contribution in [0, 0.1) is 0 Å². The average Bonchev–Trinajstić information content (AvgIpc) is 3.33. The van der Waals surface area contributed by atoms with E-state index in [-0.39, 0.29) is 17.9 Å². The zero-order valence-electron chi connectivity index (χ0n) is 22.3. The lowest BCUT2D eigenvalue weighted by atomic mass is 10.0. The van der Waals surface area contributed by atoms with Crippen LogP contribution in [0.1, 0.15) is 27.0 Å². The van der Waals surface area contributed by atoms with Crippen molar-refractivity contribution in [3.8, 4) is 5.75 Å². The number of nitrogens with zero attached hydrogens (tertiary/aromatic N) is 2. The summed E-state index contributed by atoms with van der Waals surface area (Å²) in [6.45, 7) is 0.567. The van der Waals surface area contributed by atoms with Gasteiger partial charge in [0.2, 0.25) is 0 Å². The van der Waals surface area contributed by atoms with Gasteiger partial charge in [0.15, 0.2) is 0 Å². The molecule has 0 spiro atoms. The van der Waals surface area contributed by atoms with Gasteiger partial charge in [-0.1, -0.05) is 83.2 Å². The Morgan fingerprint density at radius 1 is 0.881 bits per heavy atom. The van der Waals surface area contributed by atoms with E-state index in [0.29, 0.717) is 29.1 Å². The van der Waals surface area contributed by atoms with Gasteiger partial charge in [-0.25, -0.2) is 4.79 Å². The molecule has 1 atom stereocenters. The third-order valence-electron chi connectivity index (χ3n) is 6.68. The van der Waals surface area contributed by atoms with E-state index in [1.54, 1.807) is 59.2 Å². The number of carbonyl (C=O) groups is 2. The first kappa shape index (κ1) is 28.3. The second kappa shape index (κ2) is 13.0. The number of fused-ring (bicyclic) bond motifs is 1. The number of benzene rings is 4. The topological polar surface area (TPSA) is 130 Å². The van der Waals surface area contributed by atoms with Gasteiger partial charge in [-0.05, 0) is 42.0 Å². The van der Waals surface area contributed by atoms with Gasteiger partial charge in [0.1, 0.15) is 24.1 Å². The van der Waals surface area contributed by atoms with E-state index in [9.17, 15) is 24.7 Å². The van der Waals surface area contributed by atoms with Crippen LogP contribution in [0.4, 0.5) is 0 Å². The van der Waals surface area contributed by atoms with Gasteiger partial charge in [-0.3, -0.25) is 14.2 Å². The van der Waals surface area contributed by atoms with Crippen molar-refractivity contribution in [2.75, 3.05) is 6.61 Å². The molecule has 0 unspecified atom stereocenters. The molecule has 42 heavy (non-hydrogen) atoms. The van der Waals surface area contributed by atoms with Crippen molar-refractivity contribution in [1.29, 1.82) is 0 Å². The highest BCUT2D eigenvalue weighted by atomic mass is 32.1. The molecule has 0 fully saturated rings. The number of hydrogen-bond donors (Lipinski definition) is 3. The summed E-state index contributed by atoms with van der Waals surface area (Å²) in [5.74, 6) is -1.01. The maximum Gasteiger partial charge on any atom is 0.326 e. The highest BCUT2D eigenvalue weighted by molar-refractivity contribution is 7.16. The maximum absolute atomic E-state index is 12.7. The van der Waals surface area contributed by atoms with Crippen LogP contribution in [0.5, 0.6) is 5.75 Å². The van der Waals surface area contributed by atoms with Crippen molar-refractivity contribution in [3.63, 3.8) is 0 Å². The van der Waals surface area contributed by atoms with Crippen molar-refractivity contribution < 1.29 is 24.6 Å². The molecule has 1 aromatic heterocycles. The molecule has 10 heteroatoms. The molecule has 3 N–H and O–H groups in total. The second-order valence-electron chi connectivity index (χ2n) is 9.44. The fourth-order valence-electron chi connectivity index (χ4n) is 4.55. The van der Waals surface area contributed by atoms with Gasteiger partial charge < -0.3 is 20.4 Å². The van der Waals surface area contributed by atoms with Crippen molar-refractivity contribution in [2.24, 2.45) is 5.16 Å². The SMILES string of the molecule is O=C(N[C@@H](Cc1ccc(OCCn2c(=O)sc3cc(C(=NO)c4ccccc4)ccc32)cc1)C(=O)O)c1ccccc1. The Hall–Kier alpha value is -5.22. The van der Waals surface area contributed by atoms with Crippen molar-refractivity contribution in [1.82, 2.24) is 9.88 Å². The molecule has 5 rings (SSSR count). The molecule has 1 heterocycles. The number of oxime groups is 1. The van der Waals surface area contributed by atoms with Crippen LogP contribution in [0.25, 0.3) is 10.2 Å². The number of hydrogen-bond acceptors (Lipinski definition) is 7. The predicted octanol–water partition coefficient (Wildman–Crippen LogP) is 4.79. The van der Waals surface area contributed by atoms with Crippen LogP contribution in [0.2, 0.25) is 0 Å². The Kier molecular flexibility index (Phi) is 8.74. The van der Waals surface area contributed by atoms with E-state index in [1.165, 1.54) is 0 Å². The summed E-state index contributed by atoms with van der Waals surface area (Å²) in [5.41, 5.74) is 3.76. The molecular formula is C32H27N3O6S. The smallest absolute Gasteiger partial charge is 0.326 e. The molecule has 0 saturated carbocycles. The predicted molar refractivity (Wildman–Crippen MR) is 161 cm³/mol. The lowest BCUT2D eigenvalue weighted by Crippen LogP contribution is -2.42. The molecule has 5 aromatic rings. The number of thiazole rings is 1. The van der Waals surface area contributed by atoms with E-state index in [4.69, 9.17) is 4.74 Å². The summed E-state index contributed by atoms with van der Waals surface area (Å²) in [7, 11) is 0. The zero-order valence-corrected chi connectivity index (χ0v) is 23.2. The highest BCUT2D eigenvalue weighted by Crippen LogP contribution is 2.22. The highest BCUT2D eigenvalue weighted by Gasteiger charge is 2.21. The average molecular weight is 582 g/mol. The molecule has 9 nitrogen and oxygen atoms in total. The normalized spacial score (nSPS) is 12.1. The van der Waals surface area contributed by atoms with Crippen LogP contribution in [-0.2, 0) is 17.8 Å². The van der Waals surface area contributed by atoms with E-state index in [0.717, 1.165) is 32.7 Å². The van der Waals surface area contributed by atoms with Crippen LogP contribution in [0.15, 0.2) is 113 Å². The lowest BCUT2D eigenvalue weighted by molar-refractivity contribution is -0.139. The van der Waals surface area contributed by atoms with Crippen LogP contribution >= 0.6 is 11.3 Å². The Morgan fingerprint density at radius 2 is 1.55 bits per heavy atom. The Bertz CT molecular complexity index is 1780. The first-order valence-corrected chi connectivity index (χ1v) is 14.0. The minimum atomic E-state index is -1.12. The van der Waals surface area contributed by atoms with E-state index in [2.05, 4.69) is 10.5 Å². The number of carbonyl (C=O) groups excluding carboxylic acids is 1. The summed E-state index contributed by atoms with van der Waals surface area (Å²) in [6.07, 6.45) is 0.111. The molecule has 0 aliphatic rings. The van der Waals surface area contributed by atoms with Gasteiger partial charge in [-0.15, -0.1) is 0 Å². The van der Waals surface area contributed by atoms with Crippen LogP contribution in [0.3, 0.4) is 0 Å². The molecular weight excluding hydrogens is 554 g/mol. The first-order valence-electron chi connectivity index (χ1n) is 13.1. The van der Waals surface area contributed by atoms with Gasteiger partial charge in [0.05, 0.1) is 16.8 Å². The number of rotatable bonds is 11. The molecule has 0 aliphatic carbocycles. The van der Waals surface area contributed by atoms with Crippen LogP contribution < -0.4 is 14.9 Å². The largest absolute Gasteiger partial charge is 0.492 e. The summed E-state index contributed by atoms with van der Waals surface area (Å²) < 4.78 is 8.27. The third-order valence-corrected chi connectivity index (χ3v) is 7.62. The van der Waals surface area contributed by atoms with Crippen molar-refractivity contribution in [2.45, 2.75) is 19.0 Å². The number of ether oxygens (including phenoxy) is 1. The quantitative estimate of drug-likeness (QED) is 0.117. The molecule has 4 aromatic carbocycles. The summed E-state index contributed by atoms with van der Waals surface area (Å²) in [4.78, 5) is 36.8. The Balaban J connectivity index is 1.20. The lowest BCUT2D eigenvalue weighted by Gasteiger charge is -2.15. The summed E-state index contributed by atoms with van der Waals surface area (Å²) >= 11 is 1.11. The monoisotopic (exact) mass is 581 g/mol. The molecule has 0 saturated heterocycles. The molecule has 1 amide bonds. The van der Waals surface area contributed by atoms with Gasteiger partial charge >= 0.3 is 10.8 Å². The van der Waals surface area contributed by atoms with Gasteiger partial charge in [0, 0.05) is 23.1 Å². The van der Waals surface area contributed by atoms with Crippen molar-refractivity contribution >= 4 is 39.1 Å². The minimum Gasteiger partial charge on any atom is -0.492 e. The fraction of sp³-hybridized carbons (Fsp3) is 0.125. The second-order valence-corrected chi connectivity index (χ2v) is 10.4. The molecule has 212 valence electrons. The third kappa shape index (κ3) is 6.56. The molecule has 0 radical (unpaired) electrons. The number of nitrogens with one attached hydrogen (secondary N) is 1. The van der Waals surface area contributed by atoms with Crippen molar-refractivity contribution in [3.05, 3.63) is 135 Å². The fourth-order valence-corrected chi connectivity index (χ4v) is 5.50. The number of carboxylic acids is 1. The minimum absolute atomic E-state index is 0.111. The molecule has 0 aliphatic heterocycles. The number of aromatic nitrogens is 1. The zero-order chi connectivity index (χ0) is 29.5. The maximum atomic E-state index is 12.7. The Morgan fingerprint density at radius 3 is 2.19 bits per heavy atom. The first-order chi connectivity index (χ1) is 20.4. The molecule has 0 bridgehead atoms. The van der Waals surface area contributed by atoms with Gasteiger partial charge in [0.25, 0.3) is 5.91 Å². The summed E-state index contributed by atoms with van der Waals surface area (Å²) in [5, 5.41) is 25.3. The van der Waals surface area contributed by atoms with E-state index >= 15 is 0 Å². The van der Waals surface area contributed by atoms with E-state index < -0.39 is 17.9 Å². The van der Waals surface area contributed by atoms with Gasteiger partial charge in [-0.2, -0.15) is 0 Å².